The first-order chi connectivity index (χ1) is 10.7. The average Bonchev–Trinajstić information content (AvgIpc) is 2.80. The quantitative estimate of drug-likeness (QED) is 0.893. The van der Waals surface area contributed by atoms with E-state index in [0.717, 1.165) is 31.4 Å². The van der Waals surface area contributed by atoms with Crippen molar-refractivity contribution < 1.29 is 9.53 Å². The average molecular weight is 322 g/mol. The third-order valence-electron chi connectivity index (χ3n) is 4.20. The summed E-state index contributed by atoms with van der Waals surface area (Å²) in [7, 11) is 0. The fourth-order valence-corrected chi connectivity index (χ4v) is 3.10. The molecule has 6 heteroatoms. The SMILES string of the molecule is CC(C)OC(=O)NC1CCC(c2cc(N)n(C(C)(C)C)n2)CC1. The van der Waals surface area contributed by atoms with Crippen LogP contribution in [0.5, 0.6) is 0 Å². The third kappa shape index (κ3) is 4.62. The molecule has 1 aromatic rings. The second kappa shape index (κ2) is 6.81. The summed E-state index contributed by atoms with van der Waals surface area (Å²) >= 11 is 0. The number of hydrogen-bond acceptors (Lipinski definition) is 4. The maximum absolute atomic E-state index is 11.7. The van der Waals surface area contributed by atoms with Gasteiger partial charge in [0.2, 0.25) is 0 Å². The molecule has 130 valence electrons. The molecule has 1 heterocycles. The highest BCUT2D eigenvalue weighted by atomic mass is 16.6. The molecule has 3 N–H and O–H groups in total. The summed E-state index contributed by atoms with van der Waals surface area (Å²) in [6.07, 6.45) is 3.50. The number of nitrogens with one attached hydrogen (secondary N) is 1. The lowest BCUT2D eigenvalue weighted by Gasteiger charge is -2.28. The molecule has 0 unspecified atom stereocenters. The summed E-state index contributed by atoms with van der Waals surface area (Å²) in [5.74, 6) is 1.13. The highest BCUT2D eigenvalue weighted by Crippen LogP contribution is 2.34. The van der Waals surface area contributed by atoms with Gasteiger partial charge < -0.3 is 15.8 Å². The molecule has 0 bridgehead atoms. The van der Waals surface area contributed by atoms with Crippen molar-refractivity contribution in [2.75, 3.05) is 5.73 Å². The van der Waals surface area contributed by atoms with Crippen molar-refractivity contribution in [3.8, 4) is 0 Å². The number of anilines is 1. The second-order valence-corrected chi connectivity index (χ2v) is 7.72. The van der Waals surface area contributed by atoms with Crippen molar-refractivity contribution in [1.82, 2.24) is 15.1 Å². The molecular weight excluding hydrogens is 292 g/mol. The van der Waals surface area contributed by atoms with Crippen molar-refractivity contribution in [2.24, 2.45) is 0 Å². The van der Waals surface area contributed by atoms with Crippen LogP contribution in [-0.4, -0.2) is 28.0 Å². The molecular formula is C17H30N4O2. The molecule has 0 aromatic carbocycles. The topological polar surface area (TPSA) is 82.2 Å². The Balaban J connectivity index is 1.91. The van der Waals surface area contributed by atoms with Crippen LogP contribution < -0.4 is 11.1 Å². The Kier molecular flexibility index (Phi) is 5.22. The zero-order chi connectivity index (χ0) is 17.2. The molecule has 6 nitrogen and oxygen atoms in total. The maximum atomic E-state index is 11.7. The Morgan fingerprint density at radius 1 is 1.35 bits per heavy atom. The van der Waals surface area contributed by atoms with Gasteiger partial charge in [-0.15, -0.1) is 0 Å². The van der Waals surface area contributed by atoms with Crippen LogP contribution in [0, 0.1) is 0 Å². The molecule has 1 aliphatic carbocycles. The van der Waals surface area contributed by atoms with Gasteiger partial charge >= 0.3 is 6.09 Å². The van der Waals surface area contributed by atoms with Gasteiger partial charge in [-0.1, -0.05) is 0 Å². The van der Waals surface area contributed by atoms with E-state index in [1.54, 1.807) is 0 Å². The fourth-order valence-electron chi connectivity index (χ4n) is 3.10. The molecule has 1 aliphatic rings. The van der Waals surface area contributed by atoms with Crippen molar-refractivity contribution in [3.05, 3.63) is 11.8 Å². The molecule has 23 heavy (non-hydrogen) atoms. The minimum absolute atomic E-state index is 0.0873. The minimum Gasteiger partial charge on any atom is -0.447 e. The first-order valence-corrected chi connectivity index (χ1v) is 8.50. The van der Waals surface area contributed by atoms with Gasteiger partial charge in [0.15, 0.2) is 0 Å². The number of ether oxygens (including phenoxy) is 1. The molecule has 1 fully saturated rings. The van der Waals surface area contributed by atoms with Gasteiger partial charge in [0.05, 0.1) is 17.3 Å². The van der Waals surface area contributed by atoms with Crippen LogP contribution in [0.2, 0.25) is 0 Å². The van der Waals surface area contributed by atoms with Gasteiger partial charge in [-0.25, -0.2) is 9.48 Å². The highest BCUT2D eigenvalue weighted by molar-refractivity contribution is 5.67. The van der Waals surface area contributed by atoms with Gasteiger partial charge in [-0.3, -0.25) is 0 Å². The lowest BCUT2D eigenvalue weighted by atomic mass is 9.84. The van der Waals surface area contributed by atoms with Crippen LogP contribution in [0.4, 0.5) is 10.6 Å². The standard InChI is InChI=1S/C17H30N4O2/c1-11(2)23-16(22)19-13-8-6-12(7-9-13)14-10-15(18)21(20-14)17(3,4)5/h10-13H,6-9,18H2,1-5H3,(H,19,22). The van der Waals surface area contributed by atoms with E-state index in [1.165, 1.54) is 0 Å². The van der Waals surface area contributed by atoms with E-state index in [2.05, 4.69) is 26.1 Å². The Morgan fingerprint density at radius 2 is 1.96 bits per heavy atom. The molecule has 0 atom stereocenters. The smallest absolute Gasteiger partial charge is 0.407 e. The number of alkyl carbamates (subject to hydrolysis) is 1. The van der Waals surface area contributed by atoms with E-state index in [-0.39, 0.29) is 23.8 Å². The maximum Gasteiger partial charge on any atom is 0.407 e. The summed E-state index contributed by atoms with van der Waals surface area (Å²) < 4.78 is 7.03. The van der Waals surface area contributed by atoms with Crippen molar-refractivity contribution >= 4 is 11.9 Å². The zero-order valence-corrected chi connectivity index (χ0v) is 14.9. The number of carbonyl (C=O) groups excluding carboxylic acids is 1. The summed E-state index contributed by atoms with van der Waals surface area (Å²) in [6.45, 7) is 10.0. The Bertz CT molecular complexity index is 537. The number of hydrogen-bond donors (Lipinski definition) is 2. The number of rotatable bonds is 3. The zero-order valence-electron chi connectivity index (χ0n) is 14.9. The van der Waals surface area contributed by atoms with E-state index in [4.69, 9.17) is 15.6 Å². The lowest BCUT2D eigenvalue weighted by molar-refractivity contribution is 0.109. The van der Waals surface area contributed by atoms with Crippen LogP contribution in [-0.2, 0) is 10.3 Å². The van der Waals surface area contributed by atoms with Gasteiger partial charge in [0.25, 0.3) is 0 Å². The molecule has 1 saturated carbocycles. The summed E-state index contributed by atoms with van der Waals surface area (Å²) in [5.41, 5.74) is 7.06. The Hall–Kier alpha value is -1.72. The van der Waals surface area contributed by atoms with Crippen LogP contribution in [0.1, 0.15) is 71.9 Å². The van der Waals surface area contributed by atoms with E-state index < -0.39 is 0 Å². The summed E-state index contributed by atoms with van der Waals surface area (Å²) in [5, 5.41) is 7.66. The number of nitrogens with zero attached hydrogens (tertiary/aromatic N) is 2. The second-order valence-electron chi connectivity index (χ2n) is 7.72. The highest BCUT2D eigenvalue weighted by Gasteiger charge is 2.27. The Morgan fingerprint density at radius 3 is 2.43 bits per heavy atom. The third-order valence-corrected chi connectivity index (χ3v) is 4.20. The van der Waals surface area contributed by atoms with Crippen molar-refractivity contribution in [3.63, 3.8) is 0 Å². The van der Waals surface area contributed by atoms with Crippen LogP contribution in [0.3, 0.4) is 0 Å². The van der Waals surface area contributed by atoms with Gasteiger partial charge in [-0.05, 0) is 60.3 Å². The monoisotopic (exact) mass is 322 g/mol. The Labute approximate surface area is 138 Å². The molecule has 0 radical (unpaired) electrons. The van der Waals surface area contributed by atoms with E-state index in [9.17, 15) is 4.79 Å². The molecule has 1 amide bonds. The first-order valence-electron chi connectivity index (χ1n) is 8.50. The van der Waals surface area contributed by atoms with Gasteiger partial charge in [-0.2, -0.15) is 5.10 Å². The molecule has 1 aromatic heterocycles. The van der Waals surface area contributed by atoms with Crippen molar-refractivity contribution in [1.29, 1.82) is 0 Å². The van der Waals surface area contributed by atoms with Crippen LogP contribution >= 0.6 is 0 Å². The van der Waals surface area contributed by atoms with E-state index in [0.29, 0.717) is 11.7 Å². The number of nitrogens with two attached hydrogens (primary N) is 1. The summed E-state index contributed by atoms with van der Waals surface area (Å²) in [6, 6.07) is 2.19. The predicted octanol–water partition coefficient (Wildman–Crippen LogP) is 3.38. The molecule has 0 spiro atoms. The fraction of sp³-hybridized carbons (Fsp3) is 0.765. The largest absolute Gasteiger partial charge is 0.447 e. The number of nitrogen functional groups attached to an aromatic ring is 1. The van der Waals surface area contributed by atoms with Crippen LogP contribution in [0.15, 0.2) is 6.07 Å². The van der Waals surface area contributed by atoms with Gasteiger partial charge in [0, 0.05) is 18.0 Å². The number of aromatic nitrogens is 2. The van der Waals surface area contributed by atoms with Crippen molar-refractivity contribution in [2.45, 2.75) is 83.9 Å². The molecule has 2 rings (SSSR count). The first kappa shape index (κ1) is 17.6. The minimum atomic E-state index is -0.315. The molecule has 0 saturated heterocycles. The molecule has 0 aliphatic heterocycles. The normalized spacial score (nSPS) is 22.2. The van der Waals surface area contributed by atoms with Gasteiger partial charge in [0.1, 0.15) is 5.82 Å². The number of carbonyl (C=O) groups is 1. The van der Waals surface area contributed by atoms with E-state index in [1.807, 2.05) is 24.6 Å². The number of amides is 1. The van der Waals surface area contributed by atoms with E-state index >= 15 is 0 Å². The summed E-state index contributed by atoms with van der Waals surface area (Å²) in [4.78, 5) is 11.7. The lowest BCUT2D eigenvalue weighted by Crippen LogP contribution is -2.38. The van der Waals surface area contributed by atoms with Crippen LogP contribution in [0.25, 0.3) is 0 Å². The predicted molar refractivity (Wildman–Crippen MR) is 91.4 cm³/mol.